The number of hydrogen-bond donors (Lipinski definition) is 1. The van der Waals surface area contributed by atoms with Gasteiger partial charge in [0, 0.05) is 49.5 Å². The van der Waals surface area contributed by atoms with Crippen LogP contribution in [0, 0.1) is 6.92 Å². The Morgan fingerprint density at radius 2 is 1.48 bits per heavy atom. The minimum Gasteiger partial charge on any atom is -0.369 e. The van der Waals surface area contributed by atoms with E-state index in [1.54, 1.807) is 12.1 Å². The molecule has 1 atom stereocenters. The SMILES string of the molecule is CCCC(=O)C(c1ccccc1)N1CCN(c2ccc(NC(=O)c3cccc(C)c3-c3ccc(C(F)(F)F)cc3)cc2)CC1. The van der Waals surface area contributed by atoms with Crippen LogP contribution in [0.2, 0.25) is 0 Å². The summed E-state index contributed by atoms with van der Waals surface area (Å²) in [7, 11) is 0. The second kappa shape index (κ2) is 13.5. The van der Waals surface area contributed by atoms with Crippen molar-refractivity contribution >= 4 is 23.1 Å². The molecule has 1 aliphatic heterocycles. The number of halogens is 3. The van der Waals surface area contributed by atoms with Crippen LogP contribution in [-0.2, 0) is 11.0 Å². The van der Waals surface area contributed by atoms with E-state index in [9.17, 15) is 22.8 Å². The highest BCUT2D eigenvalue weighted by Gasteiger charge is 2.31. The number of nitrogens with one attached hydrogen (secondary N) is 1. The second-order valence-electron chi connectivity index (χ2n) is 11.1. The Labute approximate surface area is 256 Å². The fraction of sp³-hybridized carbons (Fsp3) is 0.278. The maximum atomic E-state index is 13.4. The normalized spacial score (nSPS) is 14.7. The predicted octanol–water partition coefficient (Wildman–Crippen LogP) is 8.17. The molecule has 0 spiro atoms. The molecule has 1 fully saturated rings. The van der Waals surface area contributed by atoms with E-state index in [-0.39, 0.29) is 17.7 Å². The highest BCUT2D eigenvalue weighted by atomic mass is 19.4. The van der Waals surface area contributed by atoms with Crippen molar-refractivity contribution < 1.29 is 22.8 Å². The lowest BCUT2D eigenvalue weighted by Gasteiger charge is -2.40. The van der Waals surface area contributed by atoms with Gasteiger partial charge in [0.2, 0.25) is 0 Å². The third kappa shape index (κ3) is 7.03. The van der Waals surface area contributed by atoms with E-state index in [1.807, 2.05) is 74.5 Å². The summed E-state index contributed by atoms with van der Waals surface area (Å²) in [4.78, 5) is 31.0. The van der Waals surface area contributed by atoms with Crippen molar-refractivity contribution in [2.75, 3.05) is 36.4 Å². The topological polar surface area (TPSA) is 52.7 Å². The van der Waals surface area contributed by atoms with E-state index in [0.717, 1.165) is 61.5 Å². The van der Waals surface area contributed by atoms with Gasteiger partial charge >= 0.3 is 6.18 Å². The number of rotatable bonds is 9. The molecule has 5 nitrogen and oxygen atoms in total. The van der Waals surface area contributed by atoms with Crippen LogP contribution in [0.3, 0.4) is 0 Å². The summed E-state index contributed by atoms with van der Waals surface area (Å²) >= 11 is 0. The molecule has 0 radical (unpaired) electrons. The first-order chi connectivity index (χ1) is 21.2. The number of Topliss-reactive ketones (excluding diaryl/α,β-unsaturated/α-hetero) is 1. The van der Waals surface area contributed by atoms with Crippen molar-refractivity contribution in [3.8, 4) is 11.1 Å². The van der Waals surface area contributed by atoms with Crippen molar-refractivity contribution in [1.29, 1.82) is 0 Å². The fourth-order valence-corrected chi connectivity index (χ4v) is 5.88. The highest BCUT2D eigenvalue weighted by Crippen LogP contribution is 2.34. The number of piperazine rings is 1. The van der Waals surface area contributed by atoms with Gasteiger partial charge in [-0.15, -0.1) is 0 Å². The van der Waals surface area contributed by atoms with E-state index in [1.165, 1.54) is 12.1 Å². The first-order valence-electron chi connectivity index (χ1n) is 14.9. The summed E-state index contributed by atoms with van der Waals surface area (Å²) in [6.45, 7) is 6.92. The van der Waals surface area contributed by atoms with Gasteiger partial charge in [-0.3, -0.25) is 14.5 Å². The molecular weight excluding hydrogens is 563 g/mol. The smallest absolute Gasteiger partial charge is 0.369 e. The average Bonchev–Trinajstić information content (AvgIpc) is 3.02. The zero-order chi connectivity index (χ0) is 31.3. The summed E-state index contributed by atoms with van der Waals surface area (Å²) in [6, 6.07) is 27.5. The zero-order valence-electron chi connectivity index (χ0n) is 24.9. The molecule has 1 unspecified atom stereocenters. The van der Waals surface area contributed by atoms with Crippen molar-refractivity contribution in [2.24, 2.45) is 0 Å². The van der Waals surface area contributed by atoms with E-state index in [2.05, 4.69) is 15.1 Å². The number of carbonyl (C=O) groups excluding carboxylic acids is 2. The van der Waals surface area contributed by atoms with Gasteiger partial charge in [0.05, 0.1) is 11.6 Å². The molecule has 4 aromatic carbocycles. The van der Waals surface area contributed by atoms with E-state index >= 15 is 0 Å². The summed E-state index contributed by atoms with van der Waals surface area (Å²) < 4.78 is 39.3. The Balaban J connectivity index is 1.25. The highest BCUT2D eigenvalue weighted by molar-refractivity contribution is 6.09. The molecule has 1 aliphatic rings. The number of aryl methyl sites for hydroxylation is 1. The minimum atomic E-state index is -4.43. The number of amides is 1. The maximum absolute atomic E-state index is 13.4. The van der Waals surface area contributed by atoms with Crippen LogP contribution in [0.4, 0.5) is 24.5 Å². The second-order valence-corrected chi connectivity index (χ2v) is 11.1. The third-order valence-corrected chi connectivity index (χ3v) is 8.10. The number of ketones is 1. The van der Waals surface area contributed by atoms with Gasteiger partial charge in [0.25, 0.3) is 5.91 Å². The van der Waals surface area contributed by atoms with Crippen molar-refractivity contribution in [2.45, 2.75) is 38.9 Å². The number of anilines is 2. The van der Waals surface area contributed by atoms with Crippen LogP contribution in [0.1, 0.15) is 52.9 Å². The minimum absolute atomic E-state index is 0.232. The molecule has 4 aromatic rings. The van der Waals surface area contributed by atoms with Gasteiger partial charge in [0.15, 0.2) is 5.78 Å². The van der Waals surface area contributed by atoms with Gasteiger partial charge in [-0.05, 0) is 78.1 Å². The van der Waals surface area contributed by atoms with Crippen LogP contribution in [0.5, 0.6) is 0 Å². The van der Waals surface area contributed by atoms with Crippen LogP contribution in [-0.4, -0.2) is 42.8 Å². The standard InChI is InChI=1S/C36H36F3N3O2/c1-3-8-32(43)34(27-10-5-4-6-11-27)42-23-21-41(22-24-42)30-19-17-29(18-20-30)40-35(44)31-12-7-9-25(2)33(31)26-13-15-28(16-14-26)36(37,38)39/h4-7,9-20,34H,3,8,21-24H2,1-2H3,(H,40,44). The van der Waals surface area contributed by atoms with E-state index in [4.69, 9.17) is 0 Å². The van der Waals surface area contributed by atoms with Gasteiger partial charge in [-0.2, -0.15) is 13.2 Å². The monoisotopic (exact) mass is 599 g/mol. The van der Waals surface area contributed by atoms with Gasteiger partial charge < -0.3 is 10.2 Å². The summed E-state index contributed by atoms with van der Waals surface area (Å²) in [5, 5.41) is 2.94. The van der Waals surface area contributed by atoms with Crippen molar-refractivity contribution in [1.82, 2.24) is 4.90 Å². The summed E-state index contributed by atoms with van der Waals surface area (Å²) in [6.07, 6.45) is -3.05. The Morgan fingerprint density at radius 3 is 2.09 bits per heavy atom. The molecule has 1 saturated heterocycles. The third-order valence-electron chi connectivity index (χ3n) is 8.10. The molecule has 228 valence electrons. The van der Waals surface area contributed by atoms with Gasteiger partial charge in [-0.25, -0.2) is 0 Å². The molecule has 1 amide bonds. The van der Waals surface area contributed by atoms with Gasteiger partial charge in [0.1, 0.15) is 0 Å². The molecule has 8 heteroatoms. The molecule has 0 aromatic heterocycles. The molecule has 0 saturated carbocycles. The summed E-state index contributed by atoms with van der Waals surface area (Å²) in [5.41, 5.74) is 4.26. The molecule has 1 heterocycles. The summed E-state index contributed by atoms with van der Waals surface area (Å²) in [5.74, 6) is -0.0870. The maximum Gasteiger partial charge on any atom is 0.416 e. The van der Waals surface area contributed by atoms with Crippen molar-refractivity contribution in [3.05, 3.63) is 119 Å². The first kappa shape index (κ1) is 31.0. The molecule has 0 aliphatic carbocycles. The quantitative estimate of drug-likeness (QED) is 0.211. The molecule has 1 N–H and O–H groups in total. The molecule has 0 bridgehead atoms. The average molecular weight is 600 g/mol. The Morgan fingerprint density at radius 1 is 0.818 bits per heavy atom. The zero-order valence-corrected chi connectivity index (χ0v) is 24.9. The number of carbonyl (C=O) groups is 2. The van der Waals surface area contributed by atoms with Crippen LogP contribution in [0.25, 0.3) is 11.1 Å². The van der Waals surface area contributed by atoms with Crippen LogP contribution >= 0.6 is 0 Å². The lowest BCUT2D eigenvalue weighted by molar-refractivity contribution is -0.137. The van der Waals surface area contributed by atoms with Crippen molar-refractivity contribution in [3.63, 3.8) is 0 Å². The number of benzene rings is 4. The molecule has 44 heavy (non-hydrogen) atoms. The number of hydrogen-bond acceptors (Lipinski definition) is 4. The predicted molar refractivity (Wildman–Crippen MR) is 169 cm³/mol. The number of alkyl halides is 3. The molecular formula is C36H36F3N3O2. The van der Waals surface area contributed by atoms with E-state index < -0.39 is 11.7 Å². The van der Waals surface area contributed by atoms with Crippen LogP contribution < -0.4 is 10.2 Å². The lowest BCUT2D eigenvalue weighted by atomic mass is 9.94. The Kier molecular flexibility index (Phi) is 9.49. The van der Waals surface area contributed by atoms with Crippen LogP contribution in [0.15, 0.2) is 97.1 Å². The van der Waals surface area contributed by atoms with Gasteiger partial charge in [-0.1, -0.05) is 61.5 Å². The van der Waals surface area contributed by atoms with E-state index in [0.29, 0.717) is 28.8 Å². The Hall–Kier alpha value is -4.43. The Bertz CT molecular complexity index is 1580. The fourth-order valence-electron chi connectivity index (χ4n) is 5.88. The lowest BCUT2D eigenvalue weighted by Crippen LogP contribution is -2.49. The largest absolute Gasteiger partial charge is 0.416 e. The molecule has 5 rings (SSSR count). The number of nitrogens with zero attached hydrogens (tertiary/aromatic N) is 2. The first-order valence-corrected chi connectivity index (χ1v) is 14.9.